The van der Waals surface area contributed by atoms with Crippen molar-refractivity contribution in [3.8, 4) is 0 Å². The van der Waals surface area contributed by atoms with Gasteiger partial charge in [-0.25, -0.2) is 4.79 Å². The Hall–Kier alpha value is -2.19. The molecule has 22 heteroatoms. The van der Waals surface area contributed by atoms with Gasteiger partial charge in [-0.1, -0.05) is 13.5 Å². The monoisotopic (exact) mass is 628 g/mol. The van der Waals surface area contributed by atoms with Crippen LogP contribution in [0.1, 0.15) is 20.3 Å². The molecule has 0 aliphatic heterocycles. The van der Waals surface area contributed by atoms with Crippen LogP contribution in [0.3, 0.4) is 0 Å². The molecular weight excluding hydrogens is 616 g/mol. The van der Waals surface area contributed by atoms with Gasteiger partial charge in [-0.2, -0.15) is 87.8 Å². The second-order valence-corrected chi connectivity index (χ2v) is 7.56. The Morgan fingerprint density at radius 3 is 1.10 bits per heavy atom. The van der Waals surface area contributed by atoms with Crippen LogP contribution in [0.2, 0.25) is 0 Å². The van der Waals surface area contributed by atoms with E-state index in [0.29, 0.717) is 0 Å². The molecule has 0 spiro atoms. The van der Waals surface area contributed by atoms with Crippen molar-refractivity contribution in [2.45, 2.75) is 85.6 Å². The summed E-state index contributed by atoms with van der Waals surface area (Å²) in [7, 11) is 0. The van der Waals surface area contributed by atoms with E-state index < -0.39 is 84.6 Å². The molecule has 0 aromatic rings. The van der Waals surface area contributed by atoms with Gasteiger partial charge in [0.15, 0.2) is 6.10 Å². The van der Waals surface area contributed by atoms with Gasteiger partial charge in [0.1, 0.15) is 0 Å². The van der Waals surface area contributed by atoms with Gasteiger partial charge in [0, 0.05) is 12.5 Å². The molecule has 0 bridgehead atoms. The normalized spacial score (nSPS) is 16.7. The first-order valence-corrected chi connectivity index (χ1v) is 9.30. The van der Waals surface area contributed by atoms with E-state index in [1.807, 2.05) is 0 Å². The van der Waals surface area contributed by atoms with Gasteiger partial charge < -0.3 is 4.74 Å². The number of ether oxygens (including phenoxy) is 1. The Morgan fingerprint density at radius 2 is 0.846 bits per heavy atom. The van der Waals surface area contributed by atoms with E-state index in [4.69, 9.17) is 0 Å². The van der Waals surface area contributed by atoms with E-state index in [2.05, 4.69) is 11.3 Å². The summed E-state index contributed by atoms with van der Waals surface area (Å²) in [5, 5.41) is 0. The highest BCUT2D eigenvalue weighted by atomic mass is 19.4. The molecule has 0 heterocycles. The third kappa shape index (κ3) is 4.65. The number of esters is 1. The number of halogens is 20. The molecule has 1 atom stereocenters. The van der Waals surface area contributed by atoms with Crippen molar-refractivity contribution in [3.05, 3.63) is 12.7 Å². The number of hydrogen-bond acceptors (Lipinski definition) is 2. The molecule has 0 aliphatic rings. The molecular formula is C17H12F20O2. The number of carbonyl (C=O) groups excluding carboxylic acids is 1. The maximum atomic E-state index is 13.8. The van der Waals surface area contributed by atoms with E-state index in [1.165, 1.54) is 0 Å². The Morgan fingerprint density at radius 1 is 0.590 bits per heavy atom. The topological polar surface area (TPSA) is 26.3 Å². The minimum Gasteiger partial charge on any atom is -0.453 e. The lowest BCUT2D eigenvalue weighted by molar-refractivity contribution is -0.470. The standard InChI is InChI=1S/C17H12F20O2/c1-4-7(38)39-6(3)9(20,21)11(24,25)13(28,29)15(32,33)17(36,37)16(34,35)14(30,31)12(26,27)10(22,23)8(18,19)5-2/h4,6H,1,5H2,2-3H3. The van der Waals surface area contributed by atoms with Crippen molar-refractivity contribution in [3.63, 3.8) is 0 Å². The zero-order chi connectivity index (χ0) is 32.3. The van der Waals surface area contributed by atoms with Gasteiger partial charge in [0.25, 0.3) is 0 Å². The lowest BCUT2D eigenvalue weighted by atomic mass is 9.84. The minimum atomic E-state index is -9.10. The third-order valence-corrected chi connectivity index (χ3v) is 5.05. The zero-order valence-electron chi connectivity index (χ0n) is 18.4. The Kier molecular flexibility index (Phi) is 9.18. The summed E-state index contributed by atoms with van der Waals surface area (Å²) in [6, 6.07) is 0. The predicted molar refractivity (Wildman–Crippen MR) is 85.5 cm³/mol. The lowest BCUT2D eigenvalue weighted by Gasteiger charge is -2.45. The Labute approximate surface area is 202 Å². The first-order chi connectivity index (χ1) is 16.7. The molecule has 1 unspecified atom stereocenters. The summed E-state index contributed by atoms with van der Waals surface area (Å²) in [5.74, 6) is -84.8. The quantitative estimate of drug-likeness (QED) is 0.118. The van der Waals surface area contributed by atoms with Crippen LogP contribution in [-0.2, 0) is 9.53 Å². The SMILES string of the molecule is C=CC(=O)OC(C)C(F)(F)C(F)(F)C(F)(F)C(F)(F)C(F)(F)C(F)(F)C(F)(F)C(F)(F)C(F)(F)C(F)(F)CC. The van der Waals surface area contributed by atoms with Crippen LogP contribution in [-0.4, -0.2) is 71.3 Å². The Balaban J connectivity index is 7.10. The average Bonchev–Trinajstić information content (AvgIpc) is 2.77. The molecule has 2 nitrogen and oxygen atoms in total. The molecule has 0 aromatic heterocycles. The fourth-order valence-electron chi connectivity index (χ4n) is 2.40. The lowest BCUT2D eigenvalue weighted by Crippen LogP contribution is -2.77. The molecule has 0 rings (SSSR count). The molecule has 0 saturated heterocycles. The van der Waals surface area contributed by atoms with E-state index >= 15 is 0 Å². The molecule has 0 saturated carbocycles. The van der Waals surface area contributed by atoms with Crippen LogP contribution in [0.25, 0.3) is 0 Å². The largest absolute Gasteiger partial charge is 0.453 e. The van der Waals surface area contributed by atoms with E-state index in [9.17, 15) is 92.6 Å². The summed E-state index contributed by atoms with van der Waals surface area (Å²) in [4.78, 5) is 10.8. The molecule has 0 aliphatic carbocycles. The summed E-state index contributed by atoms with van der Waals surface area (Å²) >= 11 is 0. The van der Waals surface area contributed by atoms with Crippen molar-refractivity contribution < 1.29 is 97.3 Å². The highest BCUT2D eigenvalue weighted by molar-refractivity contribution is 5.81. The first kappa shape index (κ1) is 36.8. The fraction of sp³-hybridized carbons (Fsp3) is 0.824. The number of hydrogen-bond donors (Lipinski definition) is 0. The molecule has 0 amide bonds. The van der Waals surface area contributed by atoms with Gasteiger partial charge in [0.2, 0.25) is 0 Å². The van der Waals surface area contributed by atoms with Gasteiger partial charge in [-0.05, 0) is 6.92 Å². The second-order valence-electron chi connectivity index (χ2n) is 7.56. The van der Waals surface area contributed by atoms with Crippen molar-refractivity contribution in [2.24, 2.45) is 0 Å². The number of rotatable bonds is 13. The van der Waals surface area contributed by atoms with Crippen LogP contribution >= 0.6 is 0 Å². The summed E-state index contributed by atoms with van der Waals surface area (Å²) in [6.45, 7) is 1.83. The van der Waals surface area contributed by atoms with Gasteiger partial charge in [-0.15, -0.1) is 0 Å². The van der Waals surface area contributed by atoms with Crippen LogP contribution < -0.4 is 0 Å². The zero-order valence-corrected chi connectivity index (χ0v) is 18.4. The number of alkyl halides is 20. The smallest absolute Gasteiger partial charge is 0.385 e. The van der Waals surface area contributed by atoms with Gasteiger partial charge in [0.05, 0.1) is 0 Å². The molecule has 0 radical (unpaired) electrons. The third-order valence-electron chi connectivity index (χ3n) is 5.05. The van der Waals surface area contributed by atoms with Crippen LogP contribution in [0.15, 0.2) is 12.7 Å². The molecule has 0 aromatic carbocycles. The molecule has 0 fully saturated rings. The second kappa shape index (κ2) is 9.72. The molecule has 232 valence electrons. The fourth-order valence-corrected chi connectivity index (χ4v) is 2.40. The highest BCUT2D eigenvalue weighted by Crippen LogP contribution is 2.66. The molecule has 39 heavy (non-hydrogen) atoms. The summed E-state index contributed by atoms with van der Waals surface area (Å²) in [5.41, 5.74) is 0. The van der Waals surface area contributed by atoms with E-state index in [1.54, 1.807) is 0 Å². The van der Waals surface area contributed by atoms with Crippen molar-refractivity contribution in [1.29, 1.82) is 0 Å². The van der Waals surface area contributed by atoms with Gasteiger partial charge >= 0.3 is 65.2 Å². The van der Waals surface area contributed by atoms with Gasteiger partial charge in [-0.3, -0.25) is 0 Å². The highest BCUT2D eigenvalue weighted by Gasteiger charge is 2.97. The summed E-state index contributed by atoms with van der Waals surface area (Å²) < 4.78 is 276. The van der Waals surface area contributed by atoms with Crippen molar-refractivity contribution in [1.82, 2.24) is 0 Å². The van der Waals surface area contributed by atoms with E-state index in [0.717, 1.165) is 0 Å². The van der Waals surface area contributed by atoms with Crippen molar-refractivity contribution >= 4 is 5.97 Å². The Bertz CT molecular complexity index is 921. The maximum Gasteiger partial charge on any atom is 0.385 e. The maximum absolute atomic E-state index is 13.8. The van der Waals surface area contributed by atoms with Crippen LogP contribution in [0, 0.1) is 0 Å². The van der Waals surface area contributed by atoms with Crippen molar-refractivity contribution in [2.75, 3.05) is 0 Å². The first-order valence-electron chi connectivity index (χ1n) is 9.30. The van der Waals surface area contributed by atoms with Crippen LogP contribution in [0.4, 0.5) is 87.8 Å². The summed E-state index contributed by atoms with van der Waals surface area (Å²) in [6.07, 6.45) is -6.79. The average molecular weight is 628 g/mol. The van der Waals surface area contributed by atoms with E-state index in [-0.39, 0.29) is 13.0 Å². The number of carbonyl (C=O) groups is 1. The van der Waals surface area contributed by atoms with Crippen LogP contribution in [0.5, 0.6) is 0 Å². The predicted octanol–water partition coefficient (Wildman–Crippen LogP) is 7.87. The minimum absolute atomic E-state index is 0.133. The molecule has 0 N–H and O–H groups in total.